The number of nitrogens with one attached hydrogen (secondary N) is 1. The first-order valence-corrected chi connectivity index (χ1v) is 5.16. The fourth-order valence-electron chi connectivity index (χ4n) is 1.43. The summed E-state index contributed by atoms with van der Waals surface area (Å²) in [4.78, 5) is 0. The summed E-state index contributed by atoms with van der Waals surface area (Å²) in [5.74, 6) is -3.38. The van der Waals surface area contributed by atoms with E-state index in [1.54, 1.807) is 0 Å². The molecule has 1 atom stereocenters. The molecule has 0 aliphatic heterocycles. The van der Waals surface area contributed by atoms with Gasteiger partial charge in [0.25, 0.3) is 0 Å². The van der Waals surface area contributed by atoms with Crippen molar-refractivity contribution in [1.29, 1.82) is 0 Å². The lowest BCUT2D eigenvalue weighted by molar-refractivity contribution is -0.139. The lowest BCUT2D eigenvalue weighted by atomic mass is 10.1. The van der Waals surface area contributed by atoms with Crippen LogP contribution in [0, 0.1) is 11.6 Å². The standard InChI is InChI=1S/C11H12F5NO/c1-6(4-11(14,15)16)17-5-7-2-8(12)10(18)9(13)3-7/h2-3,6,17-18H,4-5H2,1H3. The number of aromatic hydroxyl groups is 1. The average molecular weight is 269 g/mol. The highest BCUT2D eigenvalue weighted by molar-refractivity contribution is 5.29. The number of phenolic OH excluding ortho intramolecular Hbond substituents is 1. The molecular weight excluding hydrogens is 257 g/mol. The Hall–Kier alpha value is -1.37. The first-order valence-electron chi connectivity index (χ1n) is 5.16. The molecule has 2 nitrogen and oxygen atoms in total. The van der Waals surface area contributed by atoms with Crippen LogP contribution in [0.1, 0.15) is 18.9 Å². The third-order valence-corrected chi connectivity index (χ3v) is 2.27. The maximum atomic E-state index is 12.9. The molecule has 0 bridgehead atoms. The van der Waals surface area contributed by atoms with Gasteiger partial charge in [-0.15, -0.1) is 0 Å². The monoisotopic (exact) mass is 269 g/mol. The molecule has 0 aromatic heterocycles. The molecule has 0 amide bonds. The third-order valence-electron chi connectivity index (χ3n) is 2.27. The molecule has 18 heavy (non-hydrogen) atoms. The number of benzene rings is 1. The van der Waals surface area contributed by atoms with Crippen LogP contribution in [0.2, 0.25) is 0 Å². The number of alkyl halides is 3. The van der Waals surface area contributed by atoms with Gasteiger partial charge in [-0.05, 0) is 24.6 Å². The van der Waals surface area contributed by atoms with E-state index < -0.39 is 36.0 Å². The number of rotatable bonds is 4. The van der Waals surface area contributed by atoms with Crippen molar-refractivity contribution in [3.8, 4) is 5.75 Å². The molecule has 1 unspecified atom stereocenters. The van der Waals surface area contributed by atoms with Gasteiger partial charge >= 0.3 is 6.18 Å². The maximum Gasteiger partial charge on any atom is 0.390 e. The Labute approximate surface area is 100 Å². The summed E-state index contributed by atoms with van der Waals surface area (Å²) in [5.41, 5.74) is 0.122. The van der Waals surface area contributed by atoms with E-state index in [9.17, 15) is 22.0 Å². The smallest absolute Gasteiger partial charge is 0.390 e. The van der Waals surface area contributed by atoms with E-state index in [0.717, 1.165) is 12.1 Å². The summed E-state index contributed by atoms with van der Waals surface area (Å²) in [6.07, 6.45) is -5.33. The van der Waals surface area contributed by atoms with Crippen LogP contribution in [0.3, 0.4) is 0 Å². The Morgan fingerprint density at radius 2 is 1.72 bits per heavy atom. The van der Waals surface area contributed by atoms with Crippen molar-refractivity contribution < 1.29 is 27.1 Å². The molecular formula is C11H12F5NO. The topological polar surface area (TPSA) is 32.3 Å². The third kappa shape index (κ3) is 4.48. The van der Waals surface area contributed by atoms with Gasteiger partial charge in [-0.25, -0.2) is 8.78 Å². The summed E-state index contributed by atoms with van der Waals surface area (Å²) in [6.45, 7) is 1.20. The second-order valence-electron chi connectivity index (χ2n) is 4.01. The number of phenols is 1. The predicted molar refractivity (Wildman–Crippen MR) is 55.0 cm³/mol. The summed E-state index contributed by atoms with van der Waals surface area (Å²) in [7, 11) is 0. The first-order chi connectivity index (χ1) is 8.19. The highest BCUT2D eigenvalue weighted by atomic mass is 19.4. The van der Waals surface area contributed by atoms with E-state index >= 15 is 0 Å². The van der Waals surface area contributed by atoms with Crippen molar-refractivity contribution in [2.45, 2.75) is 32.1 Å². The minimum atomic E-state index is -4.29. The van der Waals surface area contributed by atoms with Gasteiger partial charge in [0.1, 0.15) is 0 Å². The first kappa shape index (κ1) is 14.7. The maximum absolute atomic E-state index is 12.9. The zero-order valence-corrected chi connectivity index (χ0v) is 9.48. The highest BCUT2D eigenvalue weighted by Gasteiger charge is 2.29. The van der Waals surface area contributed by atoms with Gasteiger partial charge in [0, 0.05) is 12.6 Å². The van der Waals surface area contributed by atoms with Gasteiger partial charge in [-0.1, -0.05) is 0 Å². The minimum Gasteiger partial charge on any atom is -0.503 e. The van der Waals surface area contributed by atoms with E-state index in [1.807, 2.05) is 0 Å². The minimum absolute atomic E-state index is 0.120. The van der Waals surface area contributed by atoms with Crippen LogP contribution in [-0.2, 0) is 6.54 Å². The van der Waals surface area contributed by atoms with Gasteiger partial charge in [0.15, 0.2) is 17.4 Å². The average Bonchev–Trinajstić information content (AvgIpc) is 2.20. The molecule has 0 heterocycles. The van der Waals surface area contributed by atoms with Crippen LogP contribution >= 0.6 is 0 Å². The normalized spacial score (nSPS) is 13.7. The van der Waals surface area contributed by atoms with Crippen molar-refractivity contribution in [1.82, 2.24) is 5.32 Å². The molecule has 0 fully saturated rings. The van der Waals surface area contributed by atoms with Crippen LogP contribution in [0.15, 0.2) is 12.1 Å². The summed E-state index contributed by atoms with van der Waals surface area (Å²) in [6, 6.07) is 0.863. The Bertz CT molecular complexity index is 395. The number of halogens is 5. The van der Waals surface area contributed by atoms with Crippen LogP contribution in [0.5, 0.6) is 5.75 Å². The zero-order valence-electron chi connectivity index (χ0n) is 9.48. The molecule has 0 spiro atoms. The molecule has 1 rings (SSSR count). The fraction of sp³-hybridized carbons (Fsp3) is 0.455. The van der Waals surface area contributed by atoms with Gasteiger partial charge in [-0.3, -0.25) is 0 Å². The largest absolute Gasteiger partial charge is 0.503 e. The van der Waals surface area contributed by atoms with E-state index in [-0.39, 0.29) is 12.1 Å². The SMILES string of the molecule is CC(CC(F)(F)F)NCc1cc(F)c(O)c(F)c1. The Morgan fingerprint density at radius 3 is 2.17 bits per heavy atom. The molecule has 0 saturated heterocycles. The molecule has 1 aromatic rings. The predicted octanol–water partition coefficient (Wildman–Crippen LogP) is 3.10. The van der Waals surface area contributed by atoms with Crippen LogP contribution in [0.25, 0.3) is 0 Å². The molecule has 0 saturated carbocycles. The van der Waals surface area contributed by atoms with Crippen molar-refractivity contribution in [2.75, 3.05) is 0 Å². The Balaban J connectivity index is 2.59. The van der Waals surface area contributed by atoms with Crippen LogP contribution in [0.4, 0.5) is 22.0 Å². The number of hydrogen-bond donors (Lipinski definition) is 2. The van der Waals surface area contributed by atoms with Crippen LogP contribution < -0.4 is 5.32 Å². The molecule has 2 N–H and O–H groups in total. The van der Waals surface area contributed by atoms with E-state index in [0.29, 0.717) is 0 Å². The fourth-order valence-corrected chi connectivity index (χ4v) is 1.43. The van der Waals surface area contributed by atoms with Crippen molar-refractivity contribution >= 4 is 0 Å². The quantitative estimate of drug-likeness (QED) is 0.823. The highest BCUT2D eigenvalue weighted by Crippen LogP contribution is 2.23. The number of hydrogen-bond acceptors (Lipinski definition) is 2. The molecule has 102 valence electrons. The lowest BCUT2D eigenvalue weighted by Crippen LogP contribution is -2.30. The van der Waals surface area contributed by atoms with Crippen molar-refractivity contribution in [2.24, 2.45) is 0 Å². The van der Waals surface area contributed by atoms with Crippen molar-refractivity contribution in [3.63, 3.8) is 0 Å². The molecule has 7 heteroatoms. The summed E-state index contributed by atoms with van der Waals surface area (Å²) >= 11 is 0. The van der Waals surface area contributed by atoms with Gasteiger partial charge < -0.3 is 10.4 Å². The molecule has 0 aliphatic carbocycles. The van der Waals surface area contributed by atoms with E-state index in [2.05, 4.69) is 5.32 Å². The zero-order chi connectivity index (χ0) is 13.9. The van der Waals surface area contributed by atoms with E-state index in [4.69, 9.17) is 5.11 Å². The Kier molecular flexibility index (Phi) is 4.50. The van der Waals surface area contributed by atoms with Gasteiger partial charge in [0.05, 0.1) is 6.42 Å². The molecule has 0 aliphatic rings. The lowest BCUT2D eigenvalue weighted by Gasteiger charge is -2.16. The van der Waals surface area contributed by atoms with Crippen molar-refractivity contribution in [3.05, 3.63) is 29.3 Å². The Morgan fingerprint density at radius 1 is 1.22 bits per heavy atom. The molecule has 1 aromatic carbocycles. The van der Waals surface area contributed by atoms with Gasteiger partial charge in [-0.2, -0.15) is 13.2 Å². The molecule has 0 radical (unpaired) electrons. The second kappa shape index (κ2) is 5.51. The van der Waals surface area contributed by atoms with E-state index in [1.165, 1.54) is 6.92 Å². The summed E-state index contributed by atoms with van der Waals surface area (Å²) < 4.78 is 61.9. The summed E-state index contributed by atoms with van der Waals surface area (Å²) in [5, 5.41) is 11.3. The van der Waals surface area contributed by atoms with Gasteiger partial charge in [0.2, 0.25) is 0 Å². The van der Waals surface area contributed by atoms with Crippen LogP contribution in [-0.4, -0.2) is 17.3 Å². The second-order valence-corrected chi connectivity index (χ2v) is 4.01.